The number of hydrogen-bond donors (Lipinski definition) is 2. The first-order valence-electron chi connectivity index (χ1n) is 4.69. The second kappa shape index (κ2) is 4.02. The van der Waals surface area contributed by atoms with Crippen molar-refractivity contribution in [2.24, 2.45) is 0 Å². The Hall–Kier alpha value is -1.75. The Bertz CT molecular complexity index is 445. The third-order valence-corrected chi connectivity index (χ3v) is 2.56. The van der Waals surface area contributed by atoms with Crippen molar-refractivity contribution in [3.63, 3.8) is 0 Å². The lowest BCUT2D eigenvalue weighted by atomic mass is 10.2. The van der Waals surface area contributed by atoms with E-state index >= 15 is 0 Å². The summed E-state index contributed by atoms with van der Waals surface area (Å²) < 4.78 is 0. The second-order valence-corrected chi connectivity index (χ2v) is 3.95. The summed E-state index contributed by atoms with van der Waals surface area (Å²) in [4.78, 5) is 24.0. The second-order valence-electron chi connectivity index (χ2n) is 3.54. The van der Waals surface area contributed by atoms with Crippen LogP contribution in [0.5, 0.6) is 0 Å². The van der Waals surface area contributed by atoms with Gasteiger partial charge in [0.2, 0.25) is 11.8 Å². The number of carbonyl (C=O) groups excluding carboxylic acids is 2. The van der Waals surface area contributed by atoms with E-state index in [0.29, 0.717) is 16.4 Å². The van der Waals surface area contributed by atoms with Gasteiger partial charge in [0.25, 0.3) is 0 Å². The Morgan fingerprint density at radius 3 is 2.44 bits per heavy atom. The molecule has 0 aromatic heterocycles. The highest BCUT2D eigenvalue weighted by Gasteiger charge is 2.23. The van der Waals surface area contributed by atoms with Crippen molar-refractivity contribution in [1.29, 1.82) is 0 Å². The molecule has 16 heavy (non-hydrogen) atoms. The Labute approximate surface area is 97.2 Å². The van der Waals surface area contributed by atoms with Crippen molar-refractivity contribution in [2.45, 2.75) is 0 Å². The Balaban J connectivity index is 2.29. The molecule has 0 spiro atoms. The Morgan fingerprint density at radius 2 is 1.88 bits per heavy atom. The van der Waals surface area contributed by atoms with Gasteiger partial charge in [-0.05, 0) is 18.2 Å². The average Bonchev–Trinajstić information content (AvgIpc) is 2.15. The predicted octanol–water partition coefficient (Wildman–Crippen LogP) is 0.385. The lowest BCUT2D eigenvalue weighted by Gasteiger charge is -2.28. The van der Waals surface area contributed by atoms with E-state index in [4.69, 9.17) is 17.3 Å². The molecule has 1 aliphatic rings. The van der Waals surface area contributed by atoms with Gasteiger partial charge in [-0.25, -0.2) is 0 Å². The number of amides is 2. The summed E-state index contributed by atoms with van der Waals surface area (Å²) in [5.41, 5.74) is 6.74. The topological polar surface area (TPSA) is 75.4 Å². The van der Waals surface area contributed by atoms with Gasteiger partial charge < -0.3 is 10.6 Å². The van der Waals surface area contributed by atoms with Gasteiger partial charge in [0.1, 0.15) is 0 Å². The molecule has 5 nitrogen and oxygen atoms in total. The summed E-state index contributed by atoms with van der Waals surface area (Å²) in [6, 6.07) is 4.97. The number of rotatable bonds is 1. The quantitative estimate of drug-likeness (QED) is 0.549. The highest BCUT2D eigenvalue weighted by atomic mass is 35.5. The van der Waals surface area contributed by atoms with E-state index in [0.717, 1.165) is 0 Å². The van der Waals surface area contributed by atoms with Gasteiger partial charge in [-0.2, -0.15) is 0 Å². The van der Waals surface area contributed by atoms with Crippen LogP contribution in [0.3, 0.4) is 0 Å². The summed E-state index contributed by atoms with van der Waals surface area (Å²) in [7, 11) is 0. The SMILES string of the molecule is Nc1ccc(N2CC(=O)NC(=O)C2)c(Cl)c1. The van der Waals surface area contributed by atoms with Gasteiger partial charge in [-0.15, -0.1) is 0 Å². The van der Waals surface area contributed by atoms with E-state index in [-0.39, 0.29) is 24.9 Å². The number of piperazine rings is 1. The maximum absolute atomic E-state index is 11.2. The minimum atomic E-state index is -0.329. The van der Waals surface area contributed by atoms with Gasteiger partial charge >= 0.3 is 0 Å². The van der Waals surface area contributed by atoms with Crippen LogP contribution in [0.1, 0.15) is 0 Å². The summed E-state index contributed by atoms with van der Waals surface area (Å²) >= 11 is 5.99. The molecule has 1 heterocycles. The van der Waals surface area contributed by atoms with Crippen molar-refractivity contribution in [2.75, 3.05) is 23.7 Å². The number of nitrogens with two attached hydrogens (primary N) is 1. The van der Waals surface area contributed by atoms with E-state index in [2.05, 4.69) is 5.32 Å². The molecule has 0 unspecified atom stereocenters. The van der Waals surface area contributed by atoms with E-state index in [1.165, 1.54) is 0 Å². The lowest BCUT2D eigenvalue weighted by molar-refractivity contribution is -0.130. The molecule has 3 N–H and O–H groups in total. The first kappa shape index (κ1) is 10.8. The maximum atomic E-state index is 11.2. The van der Waals surface area contributed by atoms with E-state index < -0.39 is 0 Å². The zero-order valence-electron chi connectivity index (χ0n) is 8.37. The van der Waals surface area contributed by atoms with Crippen LogP contribution < -0.4 is 16.0 Å². The van der Waals surface area contributed by atoms with Crippen molar-refractivity contribution in [1.82, 2.24) is 5.32 Å². The molecule has 2 rings (SSSR count). The van der Waals surface area contributed by atoms with Crippen molar-refractivity contribution >= 4 is 34.8 Å². The molecule has 1 aromatic carbocycles. The monoisotopic (exact) mass is 239 g/mol. The van der Waals surface area contributed by atoms with E-state index in [9.17, 15) is 9.59 Å². The average molecular weight is 240 g/mol. The fourth-order valence-corrected chi connectivity index (χ4v) is 1.90. The van der Waals surface area contributed by atoms with Gasteiger partial charge in [0.15, 0.2) is 0 Å². The number of benzene rings is 1. The molecule has 1 aromatic rings. The molecule has 0 saturated carbocycles. The minimum Gasteiger partial charge on any atom is -0.399 e. The van der Waals surface area contributed by atoms with Crippen molar-refractivity contribution in [3.8, 4) is 0 Å². The van der Waals surface area contributed by atoms with E-state index in [1.807, 2.05) is 0 Å². The largest absolute Gasteiger partial charge is 0.399 e. The highest BCUT2D eigenvalue weighted by molar-refractivity contribution is 6.33. The molecule has 1 aliphatic heterocycles. The summed E-state index contributed by atoms with van der Waals surface area (Å²) in [6.45, 7) is 0.241. The van der Waals surface area contributed by atoms with Crippen LogP contribution in [0, 0.1) is 0 Å². The van der Waals surface area contributed by atoms with Gasteiger partial charge in [-0.3, -0.25) is 14.9 Å². The van der Waals surface area contributed by atoms with Gasteiger partial charge in [-0.1, -0.05) is 11.6 Å². The molecular formula is C10H10ClN3O2. The van der Waals surface area contributed by atoms with Crippen LogP contribution >= 0.6 is 11.6 Å². The number of halogens is 1. The molecular weight excluding hydrogens is 230 g/mol. The highest BCUT2D eigenvalue weighted by Crippen LogP contribution is 2.28. The van der Waals surface area contributed by atoms with Gasteiger partial charge in [0, 0.05) is 5.69 Å². The summed E-state index contributed by atoms with van der Waals surface area (Å²) in [6.07, 6.45) is 0. The van der Waals surface area contributed by atoms with Crippen LogP contribution in [-0.2, 0) is 9.59 Å². The number of carbonyl (C=O) groups is 2. The smallest absolute Gasteiger partial charge is 0.246 e. The predicted molar refractivity (Wildman–Crippen MR) is 61.2 cm³/mol. The van der Waals surface area contributed by atoms with Crippen LogP contribution in [-0.4, -0.2) is 24.9 Å². The number of hydrogen-bond acceptors (Lipinski definition) is 4. The first-order chi connectivity index (χ1) is 7.56. The first-order valence-corrected chi connectivity index (χ1v) is 5.07. The van der Waals surface area contributed by atoms with E-state index in [1.54, 1.807) is 23.1 Å². The summed E-state index contributed by atoms with van der Waals surface area (Å²) in [5, 5.41) is 2.66. The standard InChI is InChI=1S/C10H10ClN3O2/c11-7-3-6(12)1-2-8(7)14-4-9(15)13-10(16)5-14/h1-3H,4-5,12H2,(H,13,15,16). The fourth-order valence-electron chi connectivity index (χ4n) is 1.59. The molecule has 0 aliphatic carbocycles. The number of imide groups is 1. The van der Waals surface area contributed by atoms with Crippen molar-refractivity contribution in [3.05, 3.63) is 23.2 Å². The number of anilines is 2. The molecule has 1 saturated heterocycles. The number of nitrogens with zero attached hydrogens (tertiary/aromatic N) is 1. The molecule has 84 valence electrons. The van der Waals surface area contributed by atoms with Crippen molar-refractivity contribution < 1.29 is 9.59 Å². The van der Waals surface area contributed by atoms with Crippen LogP contribution in [0.4, 0.5) is 11.4 Å². The third kappa shape index (κ3) is 2.09. The Kier molecular flexibility index (Phi) is 2.70. The van der Waals surface area contributed by atoms with Crippen LogP contribution in [0.15, 0.2) is 18.2 Å². The number of nitrogen functional groups attached to an aromatic ring is 1. The molecule has 0 radical (unpaired) electrons. The minimum absolute atomic E-state index is 0.120. The molecule has 0 atom stereocenters. The normalized spacial score (nSPS) is 16.2. The number of nitrogens with one attached hydrogen (secondary N) is 1. The fraction of sp³-hybridized carbons (Fsp3) is 0.200. The maximum Gasteiger partial charge on any atom is 0.246 e. The molecule has 0 bridgehead atoms. The third-order valence-electron chi connectivity index (χ3n) is 2.26. The zero-order valence-corrected chi connectivity index (χ0v) is 9.12. The Morgan fingerprint density at radius 1 is 1.25 bits per heavy atom. The van der Waals surface area contributed by atoms with Crippen LogP contribution in [0.25, 0.3) is 0 Å². The lowest BCUT2D eigenvalue weighted by Crippen LogP contribution is -2.51. The molecule has 2 amide bonds. The summed E-state index contributed by atoms with van der Waals surface area (Å²) in [5.74, 6) is -0.659. The molecule has 1 fully saturated rings. The van der Waals surface area contributed by atoms with Gasteiger partial charge in [0.05, 0.1) is 23.8 Å². The van der Waals surface area contributed by atoms with Crippen LogP contribution in [0.2, 0.25) is 5.02 Å². The molecule has 6 heteroatoms. The zero-order chi connectivity index (χ0) is 11.7.